The van der Waals surface area contributed by atoms with Crippen LogP contribution < -0.4 is 0 Å². The third-order valence-electron chi connectivity index (χ3n) is 3.21. The van der Waals surface area contributed by atoms with Gasteiger partial charge in [0.1, 0.15) is 10.6 Å². The fourth-order valence-corrected chi connectivity index (χ4v) is 3.61. The number of carboxylic acids is 1. The molecule has 0 radical (unpaired) electrons. The molecule has 1 fully saturated rings. The number of nitro groups is 1. The largest absolute Gasteiger partial charge is 0.480 e. The SMILES string of the molecule is O=C(O)C1(Cc2cc(F)ccc2[N+](=O)[O-])CCCS1. The number of aliphatic carboxylic acids is 1. The molecule has 0 amide bonds. The van der Waals surface area contributed by atoms with Gasteiger partial charge in [-0.25, -0.2) is 4.39 Å². The van der Waals surface area contributed by atoms with Crippen LogP contribution in [0, 0.1) is 15.9 Å². The predicted octanol–water partition coefficient (Wildman–Crippen LogP) is 2.63. The summed E-state index contributed by atoms with van der Waals surface area (Å²) in [6.45, 7) is 0. The van der Waals surface area contributed by atoms with Crippen LogP contribution in [0.5, 0.6) is 0 Å². The van der Waals surface area contributed by atoms with Crippen molar-refractivity contribution in [2.24, 2.45) is 0 Å². The molecule has 1 N–H and O–H groups in total. The van der Waals surface area contributed by atoms with Crippen molar-refractivity contribution in [1.82, 2.24) is 0 Å². The van der Waals surface area contributed by atoms with Crippen molar-refractivity contribution >= 4 is 23.4 Å². The number of thioether (sulfide) groups is 1. The van der Waals surface area contributed by atoms with Crippen molar-refractivity contribution in [3.63, 3.8) is 0 Å². The Kier molecular flexibility index (Phi) is 3.75. The van der Waals surface area contributed by atoms with Crippen LogP contribution in [0.2, 0.25) is 0 Å². The molecule has 1 atom stereocenters. The van der Waals surface area contributed by atoms with Crippen LogP contribution in [-0.4, -0.2) is 26.5 Å². The zero-order chi connectivity index (χ0) is 14.0. The summed E-state index contributed by atoms with van der Waals surface area (Å²) in [5.41, 5.74) is -0.0867. The maximum Gasteiger partial charge on any atom is 0.320 e. The van der Waals surface area contributed by atoms with Gasteiger partial charge in [0.15, 0.2) is 0 Å². The van der Waals surface area contributed by atoms with Gasteiger partial charge in [0, 0.05) is 18.1 Å². The van der Waals surface area contributed by atoms with E-state index in [-0.39, 0.29) is 17.7 Å². The van der Waals surface area contributed by atoms with Crippen LogP contribution in [0.1, 0.15) is 18.4 Å². The van der Waals surface area contributed by atoms with E-state index in [4.69, 9.17) is 0 Å². The smallest absolute Gasteiger partial charge is 0.320 e. The first kappa shape index (κ1) is 13.8. The van der Waals surface area contributed by atoms with Gasteiger partial charge in [-0.1, -0.05) is 0 Å². The molecule has 19 heavy (non-hydrogen) atoms. The molecule has 5 nitrogen and oxygen atoms in total. The lowest BCUT2D eigenvalue weighted by Gasteiger charge is -2.22. The van der Waals surface area contributed by atoms with Gasteiger partial charge in [0.25, 0.3) is 5.69 Å². The van der Waals surface area contributed by atoms with Gasteiger partial charge in [0.05, 0.1) is 4.92 Å². The van der Waals surface area contributed by atoms with Gasteiger partial charge in [-0.3, -0.25) is 14.9 Å². The van der Waals surface area contributed by atoms with E-state index in [2.05, 4.69) is 0 Å². The lowest BCUT2D eigenvalue weighted by atomic mass is 9.93. The third-order valence-corrected chi connectivity index (χ3v) is 4.78. The second kappa shape index (κ2) is 5.16. The lowest BCUT2D eigenvalue weighted by Crippen LogP contribution is -2.35. The first-order chi connectivity index (χ1) is 8.94. The van der Waals surface area contributed by atoms with Crippen LogP contribution in [0.15, 0.2) is 18.2 Å². The molecule has 2 rings (SSSR count). The van der Waals surface area contributed by atoms with Crippen molar-refractivity contribution in [3.8, 4) is 0 Å². The minimum Gasteiger partial charge on any atom is -0.480 e. The fraction of sp³-hybridized carbons (Fsp3) is 0.417. The number of nitro benzene ring substituents is 1. The second-order valence-corrected chi connectivity index (χ2v) is 5.94. The molecule has 1 saturated heterocycles. The number of rotatable bonds is 4. The van der Waals surface area contributed by atoms with E-state index in [9.17, 15) is 24.4 Å². The van der Waals surface area contributed by atoms with Gasteiger partial charge in [0.2, 0.25) is 0 Å². The first-order valence-corrected chi connectivity index (χ1v) is 6.73. The average Bonchev–Trinajstić information content (AvgIpc) is 2.78. The Hall–Kier alpha value is -1.63. The van der Waals surface area contributed by atoms with Crippen LogP contribution in [0.3, 0.4) is 0 Å². The Morgan fingerprint density at radius 2 is 2.32 bits per heavy atom. The monoisotopic (exact) mass is 285 g/mol. The molecular weight excluding hydrogens is 273 g/mol. The van der Waals surface area contributed by atoms with E-state index in [0.717, 1.165) is 24.6 Å². The standard InChI is InChI=1S/C12H12FNO4S/c13-9-2-3-10(14(17)18)8(6-9)7-12(11(15)16)4-1-5-19-12/h2-3,6H,1,4-5,7H2,(H,15,16). The number of benzene rings is 1. The molecule has 7 heteroatoms. The highest BCUT2D eigenvalue weighted by Gasteiger charge is 2.43. The van der Waals surface area contributed by atoms with Gasteiger partial charge in [-0.2, -0.15) is 0 Å². The maximum absolute atomic E-state index is 13.2. The fourth-order valence-electron chi connectivity index (χ4n) is 2.26. The molecule has 1 aliphatic rings. The topological polar surface area (TPSA) is 80.4 Å². The van der Waals surface area contributed by atoms with Crippen LogP contribution in [-0.2, 0) is 11.2 Å². The second-order valence-electron chi connectivity index (χ2n) is 4.46. The van der Waals surface area contributed by atoms with Crippen LogP contribution in [0.4, 0.5) is 10.1 Å². The summed E-state index contributed by atoms with van der Waals surface area (Å²) in [4.78, 5) is 21.7. The number of hydrogen-bond acceptors (Lipinski definition) is 4. The Morgan fingerprint density at radius 1 is 1.58 bits per heavy atom. The summed E-state index contributed by atoms with van der Waals surface area (Å²) >= 11 is 1.27. The van der Waals surface area contributed by atoms with Crippen molar-refractivity contribution < 1.29 is 19.2 Å². The summed E-state index contributed by atoms with van der Waals surface area (Å²) in [7, 11) is 0. The summed E-state index contributed by atoms with van der Waals surface area (Å²) < 4.78 is 12.2. The molecule has 1 aliphatic heterocycles. The molecule has 0 aliphatic carbocycles. The molecular formula is C12H12FNO4S. The van der Waals surface area contributed by atoms with Crippen molar-refractivity contribution in [3.05, 3.63) is 39.7 Å². The van der Waals surface area contributed by atoms with E-state index < -0.39 is 21.5 Å². The quantitative estimate of drug-likeness (QED) is 0.679. The Bertz CT molecular complexity index is 528. The minimum absolute atomic E-state index is 0.0267. The zero-order valence-corrected chi connectivity index (χ0v) is 10.8. The predicted molar refractivity (Wildman–Crippen MR) is 68.8 cm³/mol. The highest BCUT2D eigenvalue weighted by atomic mass is 32.2. The molecule has 1 aromatic carbocycles. The highest BCUT2D eigenvalue weighted by molar-refractivity contribution is 8.01. The van der Waals surface area contributed by atoms with E-state index in [1.54, 1.807) is 0 Å². The van der Waals surface area contributed by atoms with E-state index >= 15 is 0 Å². The molecule has 1 aromatic rings. The molecule has 1 unspecified atom stereocenters. The molecule has 0 spiro atoms. The van der Waals surface area contributed by atoms with Crippen molar-refractivity contribution in [2.75, 3.05) is 5.75 Å². The van der Waals surface area contributed by atoms with Gasteiger partial charge in [-0.05, 0) is 30.7 Å². The van der Waals surface area contributed by atoms with Crippen molar-refractivity contribution in [1.29, 1.82) is 0 Å². The lowest BCUT2D eigenvalue weighted by molar-refractivity contribution is -0.385. The number of halogens is 1. The summed E-state index contributed by atoms with van der Waals surface area (Å²) in [5, 5.41) is 20.2. The van der Waals surface area contributed by atoms with Crippen molar-refractivity contribution in [2.45, 2.75) is 24.0 Å². The van der Waals surface area contributed by atoms with Gasteiger partial charge >= 0.3 is 5.97 Å². The summed E-state index contributed by atoms with van der Waals surface area (Å²) in [6, 6.07) is 3.15. The van der Waals surface area contributed by atoms with Gasteiger partial charge in [-0.15, -0.1) is 11.8 Å². The normalized spacial score (nSPS) is 22.4. The molecule has 0 aromatic heterocycles. The molecule has 0 saturated carbocycles. The Balaban J connectivity index is 2.39. The van der Waals surface area contributed by atoms with E-state index in [1.165, 1.54) is 11.8 Å². The van der Waals surface area contributed by atoms with E-state index in [0.29, 0.717) is 12.2 Å². The molecule has 1 heterocycles. The van der Waals surface area contributed by atoms with Crippen LogP contribution in [0.25, 0.3) is 0 Å². The number of nitrogens with zero attached hydrogens (tertiary/aromatic N) is 1. The number of carbonyl (C=O) groups is 1. The van der Waals surface area contributed by atoms with Gasteiger partial charge < -0.3 is 5.11 Å². The Labute approximate surface area is 113 Å². The Morgan fingerprint density at radius 3 is 2.84 bits per heavy atom. The van der Waals surface area contributed by atoms with E-state index in [1.807, 2.05) is 0 Å². The molecule has 0 bridgehead atoms. The summed E-state index contributed by atoms with van der Waals surface area (Å²) in [5.74, 6) is -0.882. The average molecular weight is 285 g/mol. The third kappa shape index (κ3) is 2.70. The molecule has 102 valence electrons. The first-order valence-electron chi connectivity index (χ1n) is 5.75. The maximum atomic E-state index is 13.2. The number of hydrogen-bond donors (Lipinski definition) is 1. The minimum atomic E-state index is -1.07. The number of carboxylic acid groups (broad SMARTS) is 1. The highest BCUT2D eigenvalue weighted by Crippen LogP contribution is 2.42. The van der Waals surface area contributed by atoms with Crippen LogP contribution >= 0.6 is 11.8 Å². The summed E-state index contributed by atoms with van der Waals surface area (Å²) in [6.07, 6.45) is 1.17. The zero-order valence-electron chi connectivity index (χ0n) is 9.97.